The van der Waals surface area contributed by atoms with E-state index in [0.29, 0.717) is 12.0 Å². The van der Waals surface area contributed by atoms with Gasteiger partial charge in [0, 0.05) is 40.0 Å². The zero-order valence-electron chi connectivity index (χ0n) is 13.1. The van der Waals surface area contributed by atoms with Crippen molar-refractivity contribution in [1.82, 2.24) is 5.32 Å². The van der Waals surface area contributed by atoms with Crippen LogP contribution in [0.5, 0.6) is 0 Å². The molecular weight excluding hydrogens is 304 g/mol. The number of Topliss-reactive ketones (excluding diaryl/α,β-unsaturated/α-hetero) is 1. The second-order valence-electron chi connectivity index (χ2n) is 6.35. The molecule has 1 atom stereocenters. The normalized spacial score (nSPS) is 23.3. The fraction of sp³-hybridized carbons (Fsp3) is 0.368. The van der Waals surface area contributed by atoms with Crippen LogP contribution in [0.4, 0.5) is 0 Å². The number of aryl methyl sites for hydroxylation is 1. The molecule has 0 spiro atoms. The summed E-state index contributed by atoms with van der Waals surface area (Å²) in [5, 5.41) is 12.9. The third-order valence-corrected chi connectivity index (χ3v) is 6.13. The second-order valence-corrected chi connectivity index (χ2v) is 7.49. The Bertz CT molecular complexity index is 813. The summed E-state index contributed by atoms with van der Waals surface area (Å²) in [6, 6.07) is 8.34. The number of hydrogen-bond donors (Lipinski definition) is 1. The summed E-state index contributed by atoms with van der Waals surface area (Å²) in [5.41, 5.74) is 6.12. The van der Waals surface area contributed by atoms with E-state index in [0.717, 1.165) is 47.4 Å². The van der Waals surface area contributed by atoms with Gasteiger partial charge in [-0.25, -0.2) is 0 Å². The smallest absolute Gasteiger partial charge is 0.161 e. The molecule has 116 valence electrons. The monoisotopic (exact) mass is 322 g/mol. The van der Waals surface area contributed by atoms with Gasteiger partial charge in [-0.05, 0) is 43.4 Å². The predicted molar refractivity (Wildman–Crippen MR) is 91.8 cm³/mol. The van der Waals surface area contributed by atoms with E-state index in [9.17, 15) is 10.1 Å². The van der Waals surface area contributed by atoms with Gasteiger partial charge in [0.05, 0.1) is 11.6 Å². The number of carbonyl (C=O) groups is 1. The van der Waals surface area contributed by atoms with Crippen LogP contribution in [0.25, 0.3) is 0 Å². The molecule has 0 saturated carbocycles. The van der Waals surface area contributed by atoms with Gasteiger partial charge in [0.25, 0.3) is 0 Å². The molecule has 0 bridgehead atoms. The van der Waals surface area contributed by atoms with E-state index in [-0.39, 0.29) is 11.7 Å². The summed E-state index contributed by atoms with van der Waals surface area (Å²) in [6.45, 7) is 1.95. The van der Waals surface area contributed by atoms with E-state index >= 15 is 0 Å². The van der Waals surface area contributed by atoms with E-state index in [1.165, 1.54) is 10.6 Å². The molecule has 0 aromatic heterocycles. The van der Waals surface area contributed by atoms with Gasteiger partial charge in [-0.1, -0.05) is 12.1 Å². The van der Waals surface area contributed by atoms with Gasteiger partial charge in [0.2, 0.25) is 0 Å². The van der Waals surface area contributed by atoms with E-state index in [1.54, 1.807) is 0 Å². The minimum absolute atomic E-state index is 0.0225. The van der Waals surface area contributed by atoms with E-state index in [2.05, 4.69) is 17.5 Å². The fourth-order valence-corrected chi connectivity index (χ4v) is 5.03. The van der Waals surface area contributed by atoms with Crippen molar-refractivity contribution >= 4 is 17.5 Å². The molecule has 1 N–H and O–H groups in total. The first kappa shape index (κ1) is 14.6. The molecule has 0 saturated heterocycles. The lowest BCUT2D eigenvalue weighted by molar-refractivity contribution is -0.116. The van der Waals surface area contributed by atoms with Gasteiger partial charge in [-0.15, -0.1) is 11.8 Å². The fourth-order valence-electron chi connectivity index (χ4n) is 3.75. The lowest BCUT2D eigenvalue weighted by atomic mass is 9.78. The number of nitrogens with one attached hydrogen (secondary N) is 1. The van der Waals surface area contributed by atoms with Gasteiger partial charge in [-0.2, -0.15) is 5.26 Å². The Labute approximate surface area is 140 Å². The molecular formula is C19H18N2OS. The predicted octanol–water partition coefficient (Wildman–Crippen LogP) is 3.91. The van der Waals surface area contributed by atoms with E-state index in [1.807, 2.05) is 30.8 Å². The van der Waals surface area contributed by atoms with Crippen LogP contribution in [0.1, 0.15) is 48.3 Å². The van der Waals surface area contributed by atoms with Crippen molar-refractivity contribution in [2.75, 3.05) is 5.75 Å². The standard InChI is InChI=1S/C19H18N2OS/c1-11-5-6-12(9-13(11)10-20)17-18-14(3-2-4-16(18)22)21-15-7-8-23-19(15)17/h5-6,9,17,21H,2-4,7-8H2,1H3. The van der Waals surface area contributed by atoms with Crippen molar-refractivity contribution in [3.8, 4) is 6.07 Å². The third kappa shape index (κ3) is 2.31. The highest BCUT2D eigenvalue weighted by molar-refractivity contribution is 8.03. The Kier molecular flexibility index (Phi) is 3.54. The van der Waals surface area contributed by atoms with Gasteiger partial charge in [-0.3, -0.25) is 4.79 Å². The van der Waals surface area contributed by atoms with E-state index in [4.69, 9.17) is 0 Å². The van der Waals surface area contributed by atoms with Crippen molar-refractivity contribution < 1.29 is 4.79 Å². The molecule has 23 heavy (non-hydrogen) atoms. The number of rotatable bonds is 1. The molecule has 4 rings (SSSR count). The summed E-state index contributed by atoms with van der Waals surface area (Å²) in [4.78, 5) is 13.9. The molecule has 0 fully saturated rings. The van der Waals surface area contributed by atoms with Crippen LogP contribution in [0.15, 0.2) is 40.1 Å². The summed E-state index contributed by atoms with van der Waals surface area (Å²) in [7, 11) is 0. The number of allylic oxidation sites excluding steroid dienone is 4. The van der Waals surface area contributed by atoms with Crippen LogP contribution < -0.4 is 5.32 Å². The molecule has 1 aliphatic carbocycles. The molecule has 2 heterocycles. The van der Waals surface area contributed by atoms with Gasteiger partial charge in [0.1, 0.15) is 0 Å². The summed E-state index contributed by atoms with van der Waals surface area (Å²) < 4.78 is 0. The number of nitriles is 1. The minimum Gasteiger partial charge on any atom is -0.361 e. The SMILES string of the molecule is Cc1ccc(C2C3=C(CCS3)NC3=C2C(=O)CCC3)cc1C#N. The van der Waals surface area contributed by atoms with E-state index < -0.39 is 0 Å². The third-order valence-electron chi connectivity index (χ3n) is 4.93. The average Bonchev–Trinajstić information content (AvgIpc) is 3.02. The molecule has 0 radical (unpaired) electrons. The highest BCUT2D eigenvalue weighted by atomic mass is 32.2. The lowest BCUT2D eigenvalue weighted by Gasteiger charge is -2.33. The quantitative estimate of drug-likeness (QED) is 0.852. The maximum Gasteiger partial charge on any atom is 0.161 e. The molecule has 2 aliphatic heterocycles. The van der Waals surface area contributed by atoms with Crippen LogP contribution in [-0.4, -0.2) is 11.5 Å². The molecule has 3 aliphatic rings. The van der Waals surface area contributed by atoms with Crippen molar-refractivity contribution in [1.29, 1.82) is 5.26 Å². The molecule has 4 heteroatoms. The largest absolute Gasteiger partial charge is 0.361 e. The zero-order chi connectivity index (χ0) is 16.0. The Morgan fingerprint density at radius 1 is 1.26 bits per heavy atom. The number of nitrogens with zero attached hydrogens (tertiary/aromatic N) is 1. The number of dihydropyridines is 1. The summed E-state index contributed by atoms with van der Waals surface area (Å²) >= 11 is 1.85. The van der Waals surface area contributed by atoms with Crippen LogP contribution in [0.3, 0.4) is 0 Å². The molecule has 1 unspecified atom stereocenters. The Balaban J connectivity index is 1.88. The molecule has 3 nitrogen and oxygen atoms in total. The first-order valence-electron chi connectivity index (χ1n) is 8.09. The van der Waals surface area contributed by atoms with Crippen LogP contribution >= 0.6 is 11.8 Å². The Morgan fingerprint density at radius 2 is 2.13 bits per heavy atom. The van der Waals surface area contributed by atoms with Gasteiger partial charge in [0.15, 0.2) is 5.78 Å². The maximum atomic E-state index is 12.6. The minimum atomic E-state index is 0.0225. The number of carbonyl (C=O) groups excluding carboxylic acids is 1. The summed E-state index contributed by atoms with van der Waals surface area (Å²) in [5.74, 6) is 1.36. The van der Waals surface area contributed by atoms with Crippen molar-refractivity contribution in [2.45, 2.75) is 38.5 Å². The molecule has 1 aromatic rings. The number of ketones is 1. The number of benzene rings is 1. The summed E-state index contributed by atoms with van der Waals surface area (Å²) in [6.07, 6.45) is 3.57. The van der Waals surface area contributed by atoms with Gasteiger partial charge >= 0.3 is 0 Å². The number of hydrogen-bond acceptors (Lipinski definition) is 4. The maximum absolute atomic E-state index is 12.6. The first-order valence-corrected chi connectivity index (χ1v) is 9.07. The molecule has 0 amide bonds. The highest BCUT2D eigenvalue weighted by Crippen LogP contribution is 2.50. The van der Waals surface area contributed by atoms with Crippen molar-refractivity contribution in [2.24, 2.45) is 0 Å². The van der Waals surface area contributed by atoms with Gasteiger partial charge < -0.3 is 5.32 Å². The van der Waals surface area contributed by atoms with Crippen molar-refractivity contribution in [3.63, 3.8) is 0 Å². The molecule has 1 aromatic carbocycles. The Hall–Kier alpha value is -1.99. The van der Waals surface area contributed by atoms with Crippen LogP contribution in [-0.2, 0) is 4.79 Å². The Morgan fingerprint density at radius 3 is 2.96 bits per heavy atom. The lowest BCUT2D eigenvalue weighted by Crippen LogP contribution is -2.30. The van der Waals surface area contributed by atoms with Crippen LogP contribution in [0, 0.1) is 18.3 Å². The average molecular weight is 322 g/mol. The second kappa shape index (κ2) is 5.58. The van der Waals surface area contributed by atoms with Crippen LogP contribution in [0.2, 0.25) is 0 Å². The first-order chi connectivity index (χ1) is 11.2. The van der Waals surface area contributed by atoms with Crippen molar-refractivity contribution in [3.05, 3.63) is 56.8 Å². The number of thioether (sulfide) groups is 1. The topological polar surface area (TPSA) is 52.9 Å². The highest BCUT2D eigenvalue weighted by Gasteiger charge is 2.38. The zero-order valence-corrected chi connectivity index (χ0v) is 13.9.